The Bertz CT molecular complexity index is 2150. The molecular formula is C61H86OSi. The summed E-state index contributed by atoms with van der Waals surface area (Å²) in [6, 6.07) is 15.0. The van der Waals surface area contributed by atoms with Crippen molar-refractivity contribution in [2.24, 2.45) is 16.2 Å². The molecule has 1 aliphatic heterocycles. The Balaban J connectivity index is 0.000000185. The Morgan fingerprint density at radius 1 is 0.524 bits per heavy atom. The van der Waals surface area contributed by atoms with Crippen LogP contribution in [0, 0.1) is 16.2 Å². The Hall–Kier alpha value is -2.94. The van der Waals surface area contributed by atoms with Gasteiger partial charge in [0, 0.05) is 17.7 Å². The maximum absolute atomic E-state index is 5.15. The smallest absolute Gasteiger partial charge is 0.0722 e. The van der Waals surface area contributed by atoms with Gasteiger partial charge in [0.2, 0.25) is 0 Å². The molecule has 0 saturated carbocycles. The zero-order chi connectivity index (χ0) is 44.9. The van der Waals surface area contributed by atoms with Gasteiger partial charge >= 0.3 is 0 Å². The van der Waals surface area contributed by atoms with Gasteiger partial charge in [-0.2, -0.15) is 0 Å². The molecule has 1 saturated heterocycles. The zero-order valence-electron chi connectivity index (χ0n) is 42.3. The molecule has 3 aromatic carbocycles. The van der Waals surface area contributed by atoms with Gasteiger partial charge in [-0.1, -0.05) is 147 Å². The molecule has 0 bridgehead atoms. The SMILES string of the molecule is CC1CCCO1.CCC1=Cc2c(ccc3c2CC(CC)(CC)C3)C1[Si](C)(C)C1C(CC)=Cc2c1ccc1c2CC(CC)(CC)C1.CCC1=Cc2ccc3c(c2C1)CC(CC)(CC)C3. The first-order valence-electron chi connectivity index (χ1n) is 26.5. The third kappa shape index (κ3) is 8.21. The number of hydrogen-bond acceptors (Lipinski definition) is 1. The van der Waals surface area contributed by atoms with Gasteiger partial charge in [0.25, 0.3) is 0 Å². The standard InChI is InChI=1S/C38H52Si.C18H24.C5H10O/c1-9-25-19-31-29(17-15-27-21-37(11-3,12-4)23-33(27)31)35(25)39(7,8)36-26(10-2)20-32-30(36)18-16-28-22-38(13-5,14-6)24-34(28)32;1-4-13-9-14-7-8-15-11-18(5-2,6-3)12-17(15)16(14)10-13;1-5-3-2-4-6-5/h15-20,35-36H,9-14,21-24H2,1-8H3;7-9H,4-6,10-12H2,1-3H3;5H,2-4H2,1H3. The highest BCUT2D eigenvalue weighted by atomic mass is 28.3. The third-order valence-electron chi connectivity index (χ3n) is 19.1. The van der Waals surface area contributed by atoms with Crippen molar-refractivity contribution < 1.29 is 4.74 Å². The Morgan fingerprint density at radius 2 is 0.968 bits per heavy atom. The van der Waals surface area contributed by atoms with Gasteiger partial charge in [-0.25, -0.2) is 0 Å². The van der Waals surface area contributed by atoms with Gasteiger partial charge in [-0.3, -0.25) is 0 Å². The quantitative estimate of drug-likeness (QED) is 0.175. The summed E-state index contributed by atoms with van der Waals surface area (Å²) in [6.45, 7) is 30.1. The monoisotopic (exact) mass is 863 g/mol. The van der Waals surface area contributed by atoms with Crippen LogP contribution in [0.3, 0.4) is 0 Å². The molecule has 7 aliphatic rings. The maximum Gasteiger partial charge on any atom is 0.0722 e. The lowest BCUT2D eigenvalue weighted by Crippen LogP contribution is -2.42. The summed E-state index contributed by atoms with van der Waals surface area (Å²) in [5, 5.41) is 0. The summed E-state index contributed by atoms with van der Waals surface area (Å²) in [4.78, 5) is 0. The fourth-order valence-corrected chi connectivity index (χ4v) is 19.2. The van der Waals surface area contributed by atoms with Crippen molar-refractivity contribution in [2.75, 3.05) is 6.61 Å². The Morgan fingerprint density at radius 3 is 1.35 bits per heavy atom. The van der Waals surface area contributed by atoms with Crippen molar-refractivity contribution >= 4 is 26.3 Å². The van der Waals surface area contributed by atoms with E-state index in [2.05, 4.69) is 137 Å². The minimum absolute atomic E-state index is 0.484. The van der Waals surface area contributed by atoms with Crippen molar-refractivity contribution in [3.8, 4) is 0 Å². The van der Waals surface area contributed by atoms with Crippen LogP contribution < -0.4 is 0 Å². The van der Waals surface area contributed by atoms with Crippen molar-refractivity contribution in [3.63, 3.8) is 0 Å². The first-order valence-corrected chi connectivity index (χ1v) is 29.6. The maximum atomic E-state index is 5.15. The number of benzene rings is 3. The van der Waals surface area contributed by atoms with Crippen LogP contribution in [-0.2, 0) is 49.7 Å². The van der Waals surface area contributed by atoms with E-state index in [0.717, 1.165) is 6.61 Å². The highest BCUT2D eigenvalue weighted by Gasteiger charge is 2.50. The van der Waals surface area contributed by atoms with Crippen LogP contribution >= 0.6 is 0 Å². The second kappa shape index (κ2) is 18.4. The van der Waals surface area contributed by atoms with Crippen LogP contribution in [0.2, 0.25) is 13.1 Å². The van der Waals surface area contributed by atoms with Crippen LogP contribution in [0.4, 0.5) is 0 Å². The predicted octanol–water partition coefficient (Wildman–Crippen LogP) is 16.9. The third-order valence-corrected chi connectivity index (χ3v) is 23.4. The van der Waals surface area contributed by atoms with E-state index >= 15 is 0 Å². The number of ether oxygens (including phenoxy) is 1. The predicted molar refractivity (Wildman–Crippen MR) is 277 cm³/mol. The summed E-state index contributed by atoms with van der Waals surface area (Å²) < 4.78 is 5.15. The largest absolute Gasteiger partial charge is 0.379 e. The molecule has 0 aromatic heterocycles. The number of rotatable bonds is 11. The molecule has 340 valence electrons. The Labute approximate surface area is 387 Å². The molecule has 2 heteroatoms. The lowest BCUT2D eigenvalue weighted by Gasteiger charge is -2.40. The lowest BCUT2D eigenvalue weighted by atomic mass is 9.79. The van der Waals surface area contributed by atoms with Gasteiger partial charge in [-0.05, 0) is 206 Å². The second-order valence-electron chi connectivity index (χ2n) is 22.4. The molecule has 0 radical (unpaired) electrons. The fourth-order valence-electron chi connectivity index (χ4n) is 14.2. The summed E-state index contributed by atoms with van der Waals surface area (Å²) in [7, 11) is -1.81. The van der Waals surface area contributed by atoms with Crippen LogP contribution in [0.15, 0.2) is 53.1 Å². The molecule has 0 spiro atoms. The normalized spacial score (nSPS) is 23.6. The van der Waals surface area contributed by atoms with Gasteiger partial charge in [0.05, 0.1) is 14.2 Å². The van der Waals surface area contributed by atoms with Gasteiger partial charge in [0.1, 0.15) is 0 Å². The average Bonchev–Trinajstić information content (AvgIpc) is 4.17. The zero-order valence-corrected chi connectivity index (χ0v) is 43.3. The number of fused-ring (bicyclic) bond motifs is 9. The summed E-state index contributed by atoms with van der Waals surface area (Å²) in [5.74, 6) is 0. The molecule has 6 aliphatic carbocycles. The molecule has 1 nitrogen and oxygen atoms in total. The van der Waals surface area contributed by atoms with Crippen LogP contribution in [0.5, 0.6) is 0 Å². The molecule has 3 unspecified atom stereocenters. The van der Waals surface area contributed by atoms with Gasteiger partial charge < -0.3 is 4.74 Å². The lowest BCUT2D eigenvalue weighted by molar-refractivity contribution is 0.125. The fraction of sp³-hybridized carbons (Fsp3) is 0.607. The minimum atomic E-state index is -1.81. The van der Waals surface area contributed by atoms with Gasteiger partial charge in [0.15, 0.2) is 0 Å². The number of hydrogen-bond donors (Lipinski definition) is 0. The van der Waals surface area contributed by atoms with E-state index in [9.17, 15) is 0 Å². The van der Waals surface area contributed by atoms with E-state index in [-0.39, 0.29) is 0 Å². The van der Waals surface area contributed by atoms with E-state index in [1.54, 1.807) is 77.9 Å². The minimum Gasteiger partial charge on any atom is -0.379 e. The molecule has 1 heterocycles. The van der Waals surface area contributed by atoms with Crippen molar-refractivity contribution in [3.05, 3.63) is 120 Å². The van der Waals surface area contributed by atoms with E-state index in [1.807, 2.05) is 0 Å². The van der Waals surface area contributed by atoms with Gasteiger partial charge in [-0.15, -0.1) is 0 Å². The second-order valence-corrected chi connectivity index (χ2v) is 27.2. The van der Waals surface area contributed by atoms with E-state index < -0.39 is 8.07 Å². The van der Waals surface area contributed by atoms with Crippen molar-refractivity contribution in [1.29, 1.82) is 0 Å². The number of allylic oxidation sites excluding steroid dienone is 3. The first-order chi connectivity index (χ1) is 30.3. The first kappa shape index (κ1) is 46.6. The highest BCUT2D eigenvalue weighted by molar-refractivity contribution is 6.81. The highest BCUT2D eigenvalue weighted by Crippen LogP contribution is 2.57. The average molecular weight is 863 g/mol. The molecule has 0 N–H and O–H groups in total. The molecular weight excluding hydrogens is 777 g/mol. The molecule has 3 aromatic rings. The van der Waals surface area contributed by atoms with Crippen molar-refractivity contribution in [1.82, 2.24) is 0 Å². The van der Waals surface area contributed by atoms with E-state index in [4.69, 9.17) is 4.74 Å². The van der Waals surface area contributed by atoms with Crippen molar-refractivity contribution in [2.45, 2.75) is 215 Å². The van der Waals surface area contributed by atoms with Crippen LogP contribution in [-0.4, -0.2) is 20.8 Å². The molecule has 0 amide bonds. The molecule has 63 heavy (non-hydrogen) atoms. The molecule has 1 fully saturated rings. The Kier molecular flexibility index (Phi) is 13.6. The van der Waals surface area contributed by atoms with Crippen LogP contribution in [0.1, 0.15) is 218 Å². The topological polar surface area (TPSA) is 9.23 Å². The van der Waals surface area contributed by atoms with Crippen LogP contribution in [0.25, 0.3) is 18.2 Å². The summed E-state index contributed by atoms with van der Waals surface area (Å²) in [5.41, 5.74) is 27.7. The summed E-state index contributed by atoms with van der Waals surface area (Å²) >= 11 is 0. The summed E-state index contributed by atoms with van der Waals surface area (Å²) in [6.07, 6.45) is 31.3. The molecule has 3 atom stereocenters. The van der Waals surface area contributed by atoms with E-state index in [1.165, 1.54) is 121 Å². The van der Waals surface area contributed by atoms with E-state index in [0.29, 0.717) is 33.4 Å². The molecule has 10 rings (SSSR count).